The third kappa shape index (κ3) is 3.49. The number of fused-ring (bicyclic) bond motifs is 1. The highest BCUT2D eigenvalue weighted by Crippen LogP contribution is 2.34. The molecule has 0 spiro atoms. The van der Waals surface area contributed by atoms with Crippen molar-refractivity contribution in [2.75, 3.05) is 12.1 Å². The Balaban J connectivity index is 1.61. The minimum Gasteiger partial charge on any atom is -0.454 e. The van der Waals surface area contributed by atoms with Crippen LogP contribution in [0.4, 0.5) is 5.69 Å². The molecule has 1 aliphatic heterocycles. The number of carbonyl (C=O) groups excluding carboxylic acids is 1. The lowest BCUT2D eigenvalue weighted by Crippen LogP contribution is -2.05. The van der Waals surface area contributed by atoms with E-state index in [1.165, 1.54) is 12.5 Å². The van der Waals surface area contributed by atoms with Crippen molar-refractivity contribution in [3.63, 3.8) is 0 Å². The number of rotatable bonds is 4. The van der Waals surface area contributed by atoms with Crippen LogP contribution in [0.15, 0.2) is 47.4 Å². The summed E-state index contributed by atoms with van der Waals surface area (Å²) in [5.74, 6) is 2.42. The zero-order valence-electron chi connectivity index (χ0n) is 11.6. The molecule has 0 radical (unpaired) electrons. The predicted molar refractivity (Wildman–Crippen MR) is 82.9 cm³/mol. The number of thioether (sulfide) groups is 1. The van der Waals surface area contributed by atoms with Gasteiger partial charge in [-0.05, 0) is 42.0 Å². The molecule has 1 N–H and O–H groups in total. The Labute approximate surface area is 127 Å². The van der Waals surface area contributed by atoms with Crippen molar-refractivity contribution in [3.05, 3.63) is 48.0 Å². The van der Waals surface area contributed by atoms with Crippen molar-refractivity contribution in [3.8, 4) is 11.5 Å². The van der Waals surface area contributed by atoms with Gasteiger partial charge in [0.05, 0.1) is 0 Å². The van der Waals surface area contributed by atoms with Gasteiger partial charge in [0.2, 0.25) is 12.7 Å². The second-order valence-electron chi connectivity index (χ2n) is 4.68. The van der Waals surface area contributed by atoms with E-state index in [9.17, 15) is 4.79 Å². The Bertz CT molecular complexity index is 655. The molecule has 0 aromatic heterocycles. The second kappa shape index (κ2) is 6.10. The summed E-state index contributed by atoms with van der Waals surface area (Å²) in [6.07, 6.45) is 0. The maximum atomic E-state index is 11.0. The summed E-state index contributed by atoms with van der Waals surface area (Å²) in [5.41, 5.74) is 2.00. The van der Waals surface area contributed by atoms with Crippen LogP contribution in [-0.2, 0) is 10.5 Å². The SMILES string of the molecule is CC(=O)Nc1ccc(SCc2ccc3c(c2)OCO3)cc1. The topological polar surface area (TPSA) is 47.6 Å². The van der Waals surface area contributed by atoms with E-state index in [2.05, 4.69) is 5.32 Å². The molecule has 0 fully saturated rings. The molecule has 4 nitrogen and oxygen atoms in total. The van der Waals surface area contributed by atoms with Gasteiger partial charge in [-0.1, -0.05) is 6.07 Å². The first kappa shape index (κ1) is 13.8. The fraction of sp³-hybridized carbons (Fsp3) is 0.188. The average molecular weight is 301 g/mol. The van der Waals surface area contributed by atoms with Gasteiger partial charge >= 0.3 is 0 Å². The Morgan fingerprint density at radius 2 is 1.90 bits per heavy atom. The van der Waals surface area contributed by atoms with Crippen molar-refractivity contribution in [2.45, 2.75) is 17.6 Å². The Kier molecular flexibility index (Phi) is 4.01. The molecular weight excluding hydrogens is 286 g/mol. The number of hydrogen-bond donors (Lipinski definition) is 1. The molecule has 0 unspecified atom stereocenters. The summed E-state index contributed by atoms with van der Waals surface area (Å²) < 4.78 is 10.7. The maximum Gasteiger partial charge on any atom is 0.231 e. The van der Waals surface area contributed by atoms with Crippen LogP contribution in [0.25, 0.3) is 0 Å². The Hall–Kier alpha value is -2.14. The highest BCUT2D eigenvalue weighted by molar-refractivity contribution is 7.98. The van der Waals surface area contributed by atoms with E-state index in [0.29, 0.717) is 6.79 Å². The van der Waals surface area contributed by atoms with Gasteiger partial charge in [-0.2, -0.15) is 0 Å². The normalized spacial score (nSPS) is 12.2. The Morgan fingerprint density at radius 3 is 2.67 bits per heavy atom. The Morgan fingerprint density at radius 1 is 1.14 bits per heavy atom. The maximum absolute atomic E-state index is 11.0. The minimum absolute atomic E-state index is 0.0595. The first-order valence-electron chi connectivity index (χ1n) is 6.60. The van der Waals surface area contributed by atoms with Gasteiger partial charge in [0.1, 0.15) is 0 Å². The van der Waals surface area contributed by atoms with Gasteiger partial charge < -0.3 is 14.8 Å². The molecule has 0 aliphatic carbocycles. The van der Waals surface area contributed by atoms with Crippen LogP contribution in [0, 0.1) is 0 Å². The molecule has 108 valence electrons. The smallest absolute Gasteiger partial charge is 0.231 e. The van der Waals surface area contributed by atoms with E-state index in [4.69, 9.17) is 9.47 Å². The standard InChI is InChI=1S/C16H15NO3S/c1-11(18)17-13-3-5-14(6-4-13)21-9-12-2-7-15-16(8-12)20-10-19-15/h2-8H,9-10H2,1H3,(H,17,18). The first-order valence-corrected chi connectivity index (χ1v) is 7.58. The van der Waals surface area contributed by atoms with E-state index < -0.39 is 0 Å². The summed E-state index contributed by atoms with van der Waals surface area (Å²) in [6, 6.07) is 13.8. The van der Waals surface area contributed by atoms with Crippen molar-refractivity contribution in [1.82, 2.24) is 0 Å². The molecule has 5 heteroatoms. The van der Waals surface area contributed by atoms with Crippen LogP contribution in [0.1, 0.15) is 12.5 Å². The molecule has 0 atom stereocenters. The van der Waals surface area contributed by atoms with Crippen molar-refractivity contribution in [1.29, 1.82) is 0 Å². The predicted octanol–water partition coefficient (Wildman–Crippen LogP) is 3.67. The van der Waals surface area contributed by atoms with E-state index in [1.54, 1.807) is 11.8 Å². The average Bonchev–Trinajstić information content (AvgIpc) is 2.93. The second-order valence-corrected chi connectivity index (χ2v) is 5.73. The van der Waals surface area contributed by atoms with Gasteiger partial charge in [-0.3, -0.25) is 4.79 Å². The molecule has 1 aliphatic rings. The quantitative estimate of drug-likeness (QED) is 0.875. The van der Waals surface area contributed by atoms with Crippen LogP contribution in [0.5, 0.6) is 11.5 Å². The number of nitrogens with one attached hydrogen (secondary N) is 1. The number of anilines is 1. The number of benzene rings is 2. The van der Waals surface area contributed by atoms with Gasteiger partial charge in [0.25, 0.3) is 0 Å². The fourth-order valence-electron chi connectivity index (χ4n) is 2.04. The van der Waals surface area contributed by atoms with Crippen LogP contribution in [0.2, 0.25) is 0 Å². The van der Waals surface area contributed by atoms with Crippen LogP contribution < -0.4 is 14.8 Å². The van der Waals surface area contributed by atoms with Crippen molar-refractivity contribution in [2.24, 2.45) is 0 Å². The molecule has 2 aromatic carbocycles. The third-order valence-corrected chi connectivity index (χ3v) is 4.10. The summed E-state index contributed by atoms with van der Waals surface area (Å²) in [5, 5.41) is 2.76. The molecule has 0 bridgehead atoms. The van der Waals surface area contributed by atoms with Crippen molar-refractivity contribution >= 4 is 23.4 Å². The molecule has 21 heavy (non-hydrogen) atoms. The molecule has 0 saturated heterocycles. The monoisotopic (exact) mass is 301 g/mol. The third-order valence-electron chi connectivity index (χ3n) is 3.02. The van der Waals surface area contributed by atoms with Gasteiger partial charge in [-0.25, -0.2) is 0 Å². The van der Waals surface area contributed by atoms with E-state index >= 15 is 0 Å². The molecular formula is C16H15NO3S. The van der Waals surface area contributed by atoms with Gasteiger partial charge in [-0.15, -0.1) is 11.8 Å². The molecule has 3 rings (SSSR count). The van der Waals surface area contributed by atoms with Crippen LogP contribution in [-0.4, -0.2) is 12.7 Å². The summed E-state index contributed by atoms with van der Waals surface area (Å²) in [6.45, 7) is 1.80. The van der Waals surface area contributed by atoms with E-state index in [-0.39, 0.29) is 5.91 Å². The number of amides is 1. The highest BCUT2D eigenvalue weighted by Gasteiger charge is 2.13. The van der Waals surface area contributed by atoms with Crippen LogP contribution in [0.3, 0.4) is 0 Å². The van der Waals surface area contributed by atoms with E-state index in [1.807, 2.05) is 42.5 Å². The molecule has 1 amide bonds. The zero-order chi connectivity index (χ0) is 14.7. The lowest BCUT2D eigenvalue weighted by molar-refractivity contribution is -0.114. The van der Waals surface area contributed by atoms with Gasteiger partial charge in [0, 0.05) is 23.3 Å². The fourth-order valence-corrected chi connectivity index (χ4v) is 2.88. The minimum atomic E-state index is -0.0595. The molecule has 1 heterocycles. The number of ether oxygens (including phenoxy) is 2. The molecule has 2 aromatic rings. The van der Waals surface area contributed by atoms with Crippen LogP contribution >= 0.6 is 11.8 Å². The number of carbonyl (C=O) groups is 1. The largest absolute Gasteiger partial charge is 0.454 e. The van der Waals surface area contributed by atoms with E-state index in [0.717, 1.165) is 27.8 Å². The summed E-state index contributed by atoms with van der Waals surface area (Å²) in [7, 11) is 0. The zero-order valence-corrected chi connectivity index (χ0v) is 12.4. The lowest BCUT2D eigenvalue weighted by Gasteiger charge is -2.05. The van der Waals surface area contributed by atoms with Gasteiger partial charge in [0.15, 0.2) is 11.5 Å². The molecule has 0 saturated carbocycles. The van der Waals surface area contributed by atoms with Crippen molar-refractivity contribution < 1.29 is 14.3 Å². The highest BCUT2D eigenvalue weighted by atomic mass is 32.2. The number of hydrogen-bond acceptors (Lipinski definition) is 4. The summed E-state index contributed by atoms with van der Waals surface area (Å²) >= 11 is 1.74. The summed E-state index contributed by atoms with van der Waals surface area (Å²) in [4.78, 5) is 12.1. The first-order chi connectivity index (χ1) is 10.2. The lowest BCUT2D eigenvalue weighted by atomic mass is 10.2.